The molecule has 0 atom stereocenters. The molecule has 0 aromatic heterocycles. The molecule has 1 amide bonds. The molecule has 3 rings (SSSR count). The molecule has 1 fully saturated rings. The van der Waals surface area contributed by atoms with Crippen molar-refractivity contribution in [3.05, 3.63) is 59.7 Å². The molecular weight excluding hydrogens is 354 g/mol. The van der Waals surface area contributed by atoms with E-state index in [-0.39, 0.29) is 0 Å². The molecular formula is C18H21N3O4S. The van der Waals surface area contributed by atoms with Gasteiger partial charge in [0.2, 0.25) is 10.0 Å². The minimum atomic E-state index is -3.48. The number of sulfonamides is 1. The minimum Gasteiger partial charge on any atom is -0.369 e. The third-order valence-corrected chi connectivity index (χ3v) is 6.41. The van der Waals surface area contributed by atoms with Crippen molar-refractivity contribution in [2.45, 2.75) is 11.8 Å². The van der Waals surface area contributed by atoms with E-state index >= 15 is 0 Å². The number of hydrogen-bond acceptors (Lipinski definition) is 5. The van der Waals surface area contributed by atoms with Crippen LogP contribution in [0.5, 0.6) is 0 Å². The first kappa shape index (κ1) is 18.4. The second kappa shape index (κ2) is 7.45. The molecule has 0 unspecified atom stereocenters. The molecule has 1 aliphatic rings. The zero-order chi connectivity index (χ0) is 18.7. The fourth-order valence-electron chi connectivity index (χ4n) is 2.93. The number of nitrogens with one attached hydrogen (secondary N) is 1. The smallest absolute Gasteiger partial charge is 0.274 e. The van der Waals surface area contributed by atoms with Gasteiger partial charge in [-0.2, -0.15) is 4.31 Å². The van der Waals surface area contributed by atoms with Crippen molar-refractivity contribution in [3.63, 3.8) is 0 Å². The molecule has 2 N–H and O–H groups in total. The average Bonchev–Trinajstić information content (AvgIpc) is 2.68. The Hall–Kier alpha value is -2.42. The van der Waals surface area contributed by atoms with E-state index in [0.29, 0.717) is 36.6 Å². The van der Waals surface area contributed by atoms with E-state index in [1.807, 2.05) is 6.92 Å². The Morgan fingerprint density at radius 3 is 2.08 bits per heavy atom. The third-order valence-electron chi connectivity index (χ3n) is 4.49. The summed E-state index contributed by atoms with van der Waals surface area (Å²) in [6, 6.07) is 13.7. The fraction of sp³-hybridized carbons (Fsp3) is 0.278. The standard InChI is InChI=1S/C18H21N3O4S/c1-14-2-8-17(9-3-14)26(24,25)21-12-10-20(11-13-21)16-6-4-15(5-7-16)18(22)19-23/h2-9,23H,10-13H2,1H3,(H,19,22). The number of aryl methyl sites for hydroxylation is 1. The number of anilines is 1. The van der Waals surface area contributed by atoms with Gasteiger partial charge in [0.15, 0.2) is 0 Å². The number of hydrogen-bond donors (Lipinski definition) is 2. The Labute approximate surface area is 152 Å². The zero-order valence-electron chi connectivity index (χ0n) is 14.4. The molecule has 8 heteroatoms. The first-order valence-electron chi connectivity index (χ1n) is 8.28. The predicted octanol–water partition coefficient (Wildman–Crippen LogP) is 1.62. The van der Waals surface area contributed by atoms with Crippen LogP contribution in [0, 0.1) is 6.92 Å². The van der Waals surface area contributed by atoms with Gasteiger partial charge in [-0.25, -0.2) is 13.9 Å². The van der Waals surface area contributed by atoms with Gasteiger partial charge in [-0.05, 0) is 43.3 Å². The number of carbonyl (C=O) groups is 1. The number of piperazine rings is 1. The second-order valence-electron chi connectivity index (χ2n) is 6.19. The summed E-state index contributed by atoms with van der Waals surface area (Å²) in [5, 5.41) is 8.65. The highest BCUT2D eigenvalue weighted by Crippen LogP contribution is 2.22. The molecule has 2 aromatic carbocycles. The summed E-state index contributed by atoms with van der Waals surface area (Å²) in [7, 11) is -3.48. The van der Waals surface area contributed by atoms with Crippen LogP contribution in [0.15, 0.2) is 53.4 Å². The molecule has 2 aromatic rings. The van der Waals surface area contributed by atoms with Crippen LogP contribution < -0.4 is 10.4 Å². The molecule has 26 heavy (non-hydrogen) atoms. The summed E-state index contributed by atoms with van der Waals surface area (Å²) in [5.41, 5.74) is 3.88. The van der Waals surface area contributed by atoms with E-state index in [9.17, 15) is 13.2 Å². The lowest BCUT2D eigenvalue weighted by atomic mass is 10.2. The van der Waals surface area contributed by atoms with Crippen LogP contribution in [-0.4, -0.2) is 50.0 Å². The third kappa shape index (κ3) is 3.72. The first-order valence-corrected chi connectivity index (χ1v) is 9.72. The molecule has 0 spiro atoms. The van der Waals surface area contributed by atoms with Crippen molar-refractivity contribution in [1.82, 2.24) is 9.79 Å². The summed E-state index contributed by atoms with van der Waals surface area (Å²) in [6.45, 7) is 3.85. The summed E-state index contributed by atoms with van der Waals surface area (Å²) in [6.07, 6.45) is 0. The van der Waals surface area contributed by atoms with E-state index in [0.717, 1.165) is 11.3 Å². The lowest BCUT2D eigenvalue weighted by Crippen LogP contribution is -2.48. The molecule has 7 nitrogen and oxygen atoms in total. The van der Waals surface area contributed by atoms with Gasteiger partial charge in [0.1, 0.15) is 0 Å². The second-order valence-corrected chi connectivity index (χ2v) is 8.13. The van der Waals surface area contributed by atoms with Gasteiger partial charge < -0.3 is 4.90 Å². The van der Waals surface area contributed by atoms with Gasteiger partial charge in [0.05, 0.1) is 4.90 Å². The maximum atomic E-state index is 12.7. The molecule has 138 valence electrons. The monoisotopic (exact) mass is 375 g/mol. The zero-order valence-corrected chi connectivity index (χ0v) is 15.2. The highest BCUT2D eigenvalue weighted by Gasteiger charge is 2.28. The van der Waals surface area contributed by atoms with Crippen molar-refractivity contribution < 1.29 is 18.4 Å². The highest BCUT2D eigenvalue weighted by molar-refractivity contribution is 7.89. The van der Waals surface area contributed by atoms with Gasteiger partial charge in [0, 0.05) is 37.4 Å². The van der Waals surface area contributed by atoms with E-state index in [2.05, 4.69) is 4.90 Å². The van der Waals surface area contributed by atoms with Crippen molar-refractivity contribution in [1.29, 1.82) is 0 Å². The van der Waals surface area contributed by atoms with Crippen LogP contribution in [0.1, 0.15) is 15.9 Å². The molecule has 0 saturated carbocycles. The van der Waals surface area contributed by atoms with Crippen LogP contribution in [0.3, 0.4) is 0 Å². The maximum Gasteiger partial charge on any atom is 0.274 e. The number of hydroxylamine groups is 1. The average molecular weight is 375 g/mol. The summed E-state index contributed by atoms with van der Waals surface area (Å²) >= 11 is 0. The minimum absolute atomic E-state index is 0.316. The van der Waals surface area contributed by atoms with Crippen LogP contribution in [0.2, 0.25) is 0 Å². The van der Waals surface area contributed by atoms with Gasteiger partial charge >= 0.3 is 0 Å². The van der Waals surface area contributed by atoms with Crippen molar-refractivity contribution in [3.8, 4) is 0 Å². The maximum absolute atomic E-state index is 12.7. The number of amides is 1. The first-order chi connectivity index (χ1) is 12.4. The van der Waals surface area contributed by atoms with Crippen LogP contribution in [0.25, 0.3) is 0 Å². The molecule has 1 heterocycles. The Kier molecular flexibility index (Phi) is 5.26. The van der Waals surface area contributed by atoms with Crippen LogP contribution in [0.4, 0.5) is 5.69 Å². The summed E-state index contributed by atoms with van der Waals surface area (Å²) in [5.74, 6) is -0.564. The molecule has 0 bridgehead atoms. The van der Waals surface area contributed by atoms with Crippen LogP contribution in [-0.2, 0) is 10.0 Å². The Balaban J connectivity index is 1.67. The lowest BCUT2D eigenvalue weighted by Gasteiger charge is -2.35. The quantitative estimate of drug-likeness (QED) is 0.626. The summed E-state index contributed by atoms with van der Waals surface area (Å²) in [4.78, 5) is 13.7. The SMILES string of the molecule is Cc1ccc(S(=O)(=O)N2CCN(c3ccc(C(=O)NO)cc3)CC2)cc1. The number of benzene rings is 2. The van der Waals surface area contributed by atoms with Gasteiger partial charge in [-0.15, -0.1) is 0 Å². The highest BCUT2D eigenvalue weighted by atomic mass is 32.2. The van der Waals surface area contributed by atoms with Crippen molar-refractivity contribution >= 4 is 21.6 Å². The number of carbonyl (C=O) groups excluding carboxylic acids is 1. The Bertz CT molecular complexity index is 872. The fourth-order valence-corrected chi connectivity index (χ4v) is 4.36. The van der Waals surface area contributed by atoms with E-state index in [1.54, 1.807) is 54.0 Å². The summed E-state index contributed by atoms with van der Waals surface area (Å²) < 4.78 is 27.0. The van der Waals surface area contributed by atoms with Crippen molar-refractivity contribution in [2.75, 3.05) is 31.1 Å². The topological polar surface area (TPSA) is 90.0 Å². The Morgan fingerprint density at radius 2 is 1.54 bits per heavy atom. The number of nitrogens with zero attached hydrogens (tertiary/aromatic N) is 2. The van der Waals surface area contributed by atoms with E-state index < -0.39 is 15.9 Å². The molecule has 1 aliphatic heterocycles. The van der Waals surface area contributed by atoms with Crippen molar-refractivity contribution in [2.24, 2.45) is 0 Å². The Morgan fingerprint density at radius 1 is 0.962 bits per heavy atom. The van der Waals surface area contributed by atoms with E-state index in [1.165, 1.54) is 4.31 Å². The number of rotatable bonds is 4. The molecule has 0 aliphatic carbocycles. The largest absolute Gasteiger partial charge is 0.369 e. The van der Waals surface area contributed by atoms with Gasteiger partial charge in [-0.1, -0.05) is 17.7 Å². The molecule has 0 radical (unpaired) electrons. The van der Waals surface area contributed by atoms with Gasteiger partial charge in [-0.3, -0.25) is 10.0 Å². The predicted molar refractivity (Wildman–Crippen MR) is 97.8 cm³/mol. The van der Waals surface area contributed by atoms with E-state index in [4.69, 9.17) is 5.21 Å². The normalized spacial score (nSPS) is 15.7. The van der Waals surface area contributed by atoms with Crippen LogP contribution >= 0.6 is 0 Å². The van der Waals surface area contributed by atoms with Gasteiger partial charge in [0.25, 0.3) is 5.91 Å². The lowest BCUT2D eigenvalue weighted by molar-refractivity contribution is 0.0706. The molecule has 1 saturated heterocycles.